The molecule has 0 aliphatic carbocycles. The summed E-state index contributed by atoms with van der Waals surface area (Å²) in [5.41, 5.74) is 1.43. The maximum absolute atomic E-state index is 8.85. The Labute approximate surface area is 199 Å². The van der Waals surface area contributed by atoms with Crippen molar-refractivity contribution in [2.45, 2.75) is 111 Å². The molecule has 0 spiro atoms. The van der Waals surface area contributed by atoms with Crippen molar-refractivity contribution in [3.63, 3.8) is 0 Å². The third kappa shape index (κ3) is 12.4. The van der Waals surface area contributed by atoms with Crippen LogP contribution in [0.4, 0.5) is 0 Å². The van der Waals surface area contributed by atoms with Gasteiger partial charge in [-0.3, -0.25) is 0 Å². The predicted molar refractivity (Wildman–Crippen MR) is 138 cm³/mol. The summed E-state index contributed by atoms with van der Waals surface area (Å²) < 4.78 is 11.5. The van der Waals surface area contributed by atoms with Crippen molar-refractivity contribution >= 4 is 0 Å². The van der Waals surface area contributed by atoms with E-state index in [0.717, 1.165) is 44.4 Å². The summed E-state index contributed by atoms with van der Waals surface area (Å²) in [5, 5.41) is 8.85. The van der Waals surface area contributed by atoms with Gasteiger partial charge in [-0.05, 0) is 56.8 Å². The van der Waals surface area contributed by atoms with Gasteiger partial charge in [-0.2, -0.15) is 0 Å². The third-order valence-corrected chi connectivity index (χ3v) is 6.86. The van der Waals surface area contributed by atoms with Crippen LogP contribution in [0.3, 0.4) is 0 Å². The quantitative estimate of drug-likeness (QED) is 0.102. The van der Waals surface area contributed by atoms with E-state index < -0.39 is 0 Å². The highest BCUT2D eigenvalue weighted by atomic mass is 16.6. The maximum Gasteiger partial charge on any atom is 0.0892 e. The molecule has 1 heterocycles. The number of hydrogen-bond donors (Lipinski definition) is 1. The van der Waals surface area contributed by atoms with Gasteiger partial charge >= 0.3 is 0 Å². The zero-order chi connectivity index (χ0) is 23.9. The van der Waals surface area contributed by atoms with E-state index in [0.29, 0.717) is 42.7 Å². The fourth-order valence-corrected chi connectivity index (χ4v) is 4.71. The Balaban J connectivity index is 2.27. The topological polar surface area (TPSA) is 42.0 Å². The number of unbranched alkanes of at least 4 members (excludes halogenated alkanes) is 2. The minimum Gasteiger partial charge on any atom is -0.396 e. The van der Waals surface area contributed by atoms with Crippen molar-refractivity contribution in [3.8, 4) is 0 Å². The van der Waals surface area contributed by atoms with Crippen LogP contribution in [0.15, 0.2) is 36.0 Å². The van der Waals surface area contributed by atoms with Crippen LogP contribution in [-0.4, -0.2) is 37.1 Å². The van der Waals surface area contributed by atoms with E-state index in [1.165, 1.54) is 18.4 Å². The number of ether oxygens (including phenoxy) is 2. The Morgan fingerprint density at radius 1 is 1.06 bits per heavy atom. The highest BCUT2D eigenvalue weighted by Gasteiger charge is 2.45. The summed E-state index contributed by atoms with van der Waals surface area (Å²) in [4.78, 5) is 0. The van der Waals surface area contributed by atoms with E-state index in [2.05, 4.69) is 71.9 Å². The van der Waals surface area contributed by atoms with Gasteiger partial charge in [-0.1, -0.05) is 89.8 Å². The van der Waals surface area contributed by atoms with Crippen molar-refractivity contribution in [2.75, 3.05) is 13.7 Å². The largest absolute Gasteiger partial charge is 0.396 e. The predicted octanol–water partition coefficient (Wildman–Crippen LogP) is 7.50. The minimum absolute atomic E-state index is 0.303. The van der Waals surface area contributed by atoms with E-state index in [9.17, 15) is 0 Å². The molecule has 0 bridgehead atoms. The van der Waals surface area contributed by atoms with Gasteiger partial charge in [0.25, 0.3) is 0 Å². The zero-order valence-electron chi connectivity index (χ0n) is 22.1. The lowest BCUT2D eigenvalue weighted by molar-refractivity contribution is 0.0446. The summed E-state index contributed by atoms with van der Waals surface area (Å²) >= 11 is 0. The molecule has 3 nitrogen and oxygen atoms in total. The van der Waals surface area contributed by atoms with Gasteiger partial charge in [0.1, 0.15) is 0 Å². The first-order valence-corrected chi connectivity index (χ1v) is 13.1. The van der Waals surface area contributed by atoms with Gasteiger partial charge in [0.15, 0.2) is 0 Å². The Kier molecular flexibility index (Phi) is 15.2. The number of epoxide rings is 1. The molecule has 1 aliphatic heterocycles. The first-order valence-electron chi connectivity index (χ1n) is 13.1. The highest BCUT2D eigenvalue weighted by Crippen LogP contribution is 2.37. The number of rotatable bonds is 18. The normalized spacial score (nSPS) is 24.1. The van der Waals surface area contributed by atoms with Crippen molar-refractivity contribution in [1.82, 2.24) is 0 Å². The van der Waals surface area contributed by atoms with E-state index in [4.69, 9.17) is 14.6 Å². The number of hydrogen-bond acceptors (Lipinski definition) is 3. The van der Waals surface area contributed by atoms with Crippen LogP contribution in [-0.2, 0) is 9.47 Å². The molecule has 0 radical (unpaired) electrons. The summed E-state index contributed by atoms with van der Waals surface area (Å²) in [6.45, 7) is 13.9. The Morgan fingerprint density at radius 2 is 1.81 bits per heavy atom. The van der Waals surface area contributed by atoms with E-state index in [1.54, 1.807) is 0 Å². The first kappa shape index (κ1) is 29.1. The second-order valence-electron chi connectivity index (χ2n) is 10.3. The van der Waals surface area contributed by atoms with Crippen molar-refractivity contribution in [1.29, 1.82) is 0 Å². The number of methoxy groups -OCH3 is 1. The second-order valence-corrected chi connectivity index (χ2v) is 10.3. The van der Waals surface area contributed by atoms with Crippen molar-refractivity contribution in [2.24, 2.45) is 23.7 Å². The lowest BCUT2D eigenvalue weighted by Crippen LogP contribution is -2.25. The molecule has 0 saturated carbocycles. The molecule has 1 saturated heterocycles. The second kappa shape index (κ2) is 16.7. The van der Waals surface area contributed by atoms with Gasteiger partial charge in [-0.25, -0.2) is 0 Å². The van der Waals surface area contributed by atoms with Gasteiger partial charge < -0.3 is 14.6 Å². The molecule has 7 atom stereocenters. The van der Waals surface area contributed by atoms with Crippen molar-refractivity contribution in [3.05, 3.63) is 36.0 Å². The van der Waals surface area contributed by atoms with Gasteiger partial charge in [-0.15, -0.1) is 0 Å². The molecule has 1 aliphatic rings. The van der Waals surface area contributed by atoms with Crippen LogP contribution in [0.2, 0.25) is 0 Å². The summed E-state index contributed by atoms with van der Waals surface area (Å²) in [7, 11) is 1.81. The molecule has 3 heteroatoms. The Bertz CT molecular complexity index is 561. The molecule has 0 aromatic carbocycles. The average Bonchev–Trinajstić information content (AvgIpc) is 3.50. The maximum atomic E-state index is 8.85. The van der Waals surface area contributed by atoms with Crippen LogP contribution in [0, 0.1) is 23.7 Å². The molecular formula is C29H52O3. The molecule has 32 heavy (non-hydrogen) atoms. The van der Waals surface area contributed by atoms with Crippen LogP contribution in [0.5, 0.6) is 0 Å². The van der Waals surface area contributed by atoms with Crippen LogP contribution in [0.1, 0.15) is 92.9 Å². The first-order chi connectivity index (χ1) is 15.3. The lowest BCUT2D eigenvalue weighted by atomic mass is 9.93. The average molecular weight is 449 g/mol. The summed E-state index contributed by atoms with van der Waals surface area (Å²) in [6, 6.07) is 0. The van der Waals surface area contributed by atoms with E-state index in [1.807, 2.05) is 7.11 Å². The molecule has 1 rings (SSSR count). The highest BCUT2D eigenvalue weighted by molar-refractivity contribution is 5.13. The van der Waals surface area contributed by atoms with Crippen LogP contribution < -0.4 is 0 Å². The SMILES string of the molecule is CCC(OC)C(C)C1OC1CC(C)/C=C/C=C(\C)CC(C)/C=C/CC(C)CCCCCO. The number of aliphatic hydroxyl groups excluding tert-OH is 1. The molecule has 186 valence electrons. The summed E-state index contributed by atoms with van der Waals surface area (Å²) in [5.74, 6) is 2.31. The van der Waals surface area contributed by atoms with Crippen LogP contribution >= 0.6 is 0 Å². The van der Waals surface area contributed by atoms with E-state index >= 15 is 0 Å². The Morgan fingerprint density at radius 3 is 2.47 bits per heavy atom. The number of allylic oxidation sites excluding steroid dienone is 6. The van der Waals surface area contributed by atoms with Crippen LogP contribution in [0.25, 0.3) is 0 Å². The number of aliphatic hydroxyl groups is 1. The van der Waals surface area contributed by atoms with E-state index in [-0.39, 0.29) is 0 Å². The molecule has 1 fully saturated rings. The molecule has 0 aromatic rings. The molecule has 0 aromatic heterocycles. The molecule has 1 N–H and O–H groups in total. The minimum atomic E-state index is 0.303. The molecule has 0 amide bonds. The molecular weight excluding hydrogens is 396 g/mol. The third-order valence-electron chi connectivity index (χ3n) is 6.86. The standard InChI is InChI=1S/C29H52O3/c1-8-27(31-7)26(6)29-28(32-29)21-25(5)18-13-17-24(4)20-23(3)16-12-15-22(2)14-10-9-11-19-30/h12-13,16-18,22-23,25-30H,8-11,14-15,19-21H2,1-7H3/b16-12+,18-13+,24-17+. The fourth-order valence-electron chi connectivity index (χ4n) is 4.71. The van der Waals surface area contributed by atoms with Gasteiger partial charge in [0.05, 0.1) is 18.3 Å². The van der Waals surface area contributed by atoms with Gasteiger partial charge in [0.2, 0.25) is 0 Å². The Hall–Kier alpha value is -0.900. The zero-order valence-corrected chi connectivity index (χ0v) is 22.1. The monoisotopic (exact) mass is 448 g/mol. The van der Waals surface area contributed by atoms with Gasteiger partial charge in [0, 0.05) is 19.6 Å². The van der Waals surface area contributed by atoms with Crippen molar-refractivity contribution < 1.29 is 14.6 Å². The molecule has 7 unspecified atom stereocenters. The summed E-state index contributed by atoms with van der Waals surface area (Å²) in [6.07, 6.45) is 21.6. The lowest BCUT2D eigenvalue weighted by Gasteiger charge is -2.19. The smallest absolute Gasteiger partial charge is 0.0892 e. The fraction of sp³-hybridized carbons (Fsp3) is 0.793.